The lowest BCUT2D eigenvalue weighted by molar-refractivity contribution is 0.148. The summed E-state index contributed by atoms with van der Waals surface area (Å²) in [7, 11) is 0. The highest BCUT2D eigenvalue weighted by Gasteiger charge is 2.27. The maximum atomic E-state index is 11.3. The Morgan fingerprint density at radius 1 is 1.54 bits per heavy atom. The topological polar surface area (TPSA) is 38.3 Å². The summed E-state index contributed by atoms with van der Waals surface area (Å²) in [6, 6.07) is 0.362. The van der Waals surface area contributed by atoms with Crippen LogP contribution in [-0.4, -0.2) is 29.7 Å². The Morgan fingerprint density at radius 2 is 2.15 bits per heavy atom. The molecule has 0 radical (unpaired) electrons. The van der Waals surface area contributed by atoms with Crippen LogP contribution in [0.3, 0.4) is 0 Å². The van der Waals surface area contributed by atoms with Crippen LogP contribution in [0.5, 0.6) is 0 Å². The number of piperazine rings is 1. The molecule has 13 heavy (non-hydrogen) atoms. The fourth-order valence-electron chi connectivity index (χ4n) is 2.10. The highest BCUT2D eigenvalue weighted by molar-refractivity contribution is 4.92. The van der Waals surface area contributed by atoms with E-state index < -0.39 is 0 Å². The Kier molecular flexibility index (Phi) is 3.33. The van der Waals surface area contributed by atoms with Gasteiger partial charge < -0.3 is 15.6 Å². The van der Waals surface area contributed by atoms with Gasteiger partial charge in [0.1, 0.15) is 0 Å². The second-order valence-electron chi connectivity index (χ2n) is 5.18. The number of nitrogens with one attached hydrogen (secondary N) is 1. The zero-order valence-electron chi connectivity index (χ0n) is 9.13. The lowest BCUT2D eigenvalue weighted by Crippen LogP contribution is -2.60. The number of nitrogens with zero attached hydrogens (tertiary/aromatic N) is 1. The molecule has 0 bridgehead atoms. The molecule has 1 N–H and O–H groups in total. The van der Waals surface area contributed by atoms with Crippen LogP contribution >= 0.6 is 0 Å². The molecule has 0 aromatic carbocycles. The third-order valence-electron chi connectivity index (χ3n) is 2.35. The molecule has 0 saturated carbocycles. The summed E-state index contributed by atoms with van der Waals surface area (Å²) in [6.07, 6.45) is 1.09. The average molecular weight is 185 g/mol. The fourth-order valence-corrected chi connectivity index (χ4v) is 2.10. The van der Waals surface area contributed by atoms with Crippen LogP contribution < -0.4 is 5.32 Å². The van der Waals surface area contributed by atoms with Gasteiger partial charge in [0.25, 0.3) is 0 Å². The van der Waals surface area contributed by atoms with E-state index in [9.17, 15) is 5.21 Å². The first-order chi connectivity index (χ1) is 5.89. The van der Waals surface area contributed by atoms with Crippen molar-refractivity contribution in [2.24, 2.45) is 5.92 Å². The van der Waals surface area contributed by atoms with Gasteiger partial charge in [0.15, 0.2) is 0 Å². The van der Waals surface area contributed by atoms with Crippen molar-refractivity contribution in [3.63, 3.8) is 0 Å². The molecule has 1 rings (SSSR count). The molecule has 3 heteroatoms. The molecule has 1 fully saturated rings. The van der Waals surface area contributed by atoms with Gasteiger partial charge in [-0.25, -0.2) is 0 Å². The summed E-state index contributed by atoms with van der Waals surface area (Å²) < 4.78 is 0. The van der Waals surface area contributed by atoms with Crippen LogP contribution in [0.15, 0.2) is 0 Å². The van der Waals surface area contributed by atoms with Crippen molar-refractivity contribution >= 4 is 0 Å². The first-order valence-corrected chi connectivity index (χ1v) is 5.09. The largest absolute Gasteiger partial charge is 0.785 e. The zero-order chi connectivity index (χ0) is 10.1. The molecule has 0 spiro atoms. The Morgan fingerprint density at radius 3 is 2.62 bits per heavy atom. The highest BCUT2D eigenvalue weighted by Crippen LogP contribution is 2.17. The summed E-state index contributed by atoms with van der Waals surface area (Å²) in [6.45, 7) is 9.80. The first-order valence-electron chi connectivity index (χ1n) is 5.09. The molecule has 0 aromatic heterocycles. The predicted octanol–water partition coefficient (Wildman–Crippen LogP) is 1.58. The van der Waals surface area contributed by atoms with Gasteiger partial charge in [-0.05, 0) is 26.2 Å². The van der Waals surface area contributed by atoms with Crippen LogP contribution in [0.1, 0.15) is 34.1 Å². The number of hydrogen-bond acceptors (Lipinski definition) is 3. The van der Waals surface area contributed by atoms with Gasteiger partial charge in [-0.2, -0.15) is 0 Å². The summed E-state index contributed by atoms with van der Waals surface area (Å²) >= 11 is 0. The summed E-state index contributed by atoms with van der Waals surface area (Å²) in [4.78, 5) is 0. The zero-order valence-corrected chi connectivity index (χ0v) is 9.13. The van der Waals surface area contributed by atoms with E-state index in [1.165, 1.54) is 5.06 Å². The van der Waals surface area contributed by atoms with E-state index in [0.29, 0.717) is 25.0 Å². The molecule has 0 aromatic rings. The lowest BCUT2D eigenvalue weighted by Gasteiger charge is -2.47. The van der Waals surface area contributed by atoms with Crippen LogP contribution in [0.2, 0.25) is 0 Å². The monoisotopic (exact) mass is 185 g/mol. The molecule has 3 nitrogen and oxygen atoms in total. The van der Waals surface area contributed by atoms with Crippen LogP contribution in [0.4, 0.5) is 0 Å². The van der Waals surface area contributed by atoms with Crippen molar-refractivity contribution in [1.29, 1.82) is 0 Å². The molecule has 0 amide bonds. The highest BCUT2D eigenvalue weighted by atomic mass is 16.5. The van der Waals surface area contributed by atoms with E-state index in [0.717, 1.165) is 6.42 Å². The van der Waals surface area contributed by atoms with Crippen LogP contribution in [-0.2, 0) is 0 Å². The third-order valence-corrected chi connectivity index (χ3v) is 2.35. The quantitative estimate of drug-likeness (QED) is 0.710. The third kappa shape index (κ3) is 3.63. The van der Waals surface area contributed by atoms with E-state index in [1.54, 1.807) is 0 Å². The SMILES string of the molecule is CC(C)CC1CN([O-])CC(C)(C)N1. The van der Waals surface area contributed by atoms with Crippen LogP contribution in [0.25, 0.3) is 0 Å². The minimum Gasteiger partial charge on any atom is -0.785 e. The molecule has 78 valence electrons. The Bertz CT molecular complexity index is 166. The summed E-state index contributed by atoms with van der Waals surface area (Å²) in [5.41, 5.74) is -0.0282. The molecular weight excluding hydrogens is 164 g/mol. The normalized spacial score (nSPS) is 29.5. The van der Waals surface area contributed by atoms with E-state index in [4.69, 9.17) is 0 Å². The number of hydroxylamine groups is 2. The average Bonchev–Trinajstić information content (AvgIpc) is 1.78. The maximum Gasteiger partial charge on any atom is 0.0245 e. The predicted molar refractivity (Wildman–Crippen MR) is 55.4 cm³/mol. The second kappa shape index (κ2) is 3.95. The van der Waals surface area contributed by atoms with E-state index in [-0.39, 0.29) is 5.54 Å². The molecule has 1 unspecified atom stereocenters. The van der Waals surface area contributed by atoms with Crippen molar-refractivity contribution < 1.29 is 0 Å². The molecule has 1 atom stereocenters. The van der Waals surface area contributed by atoms with Gasteiger partial charge in [-0.15, -0.1) is 0 Å². The van der Waals surface area contributed by atoms with Crippen molar-refractivity contribution in [2.75, 3.05) is 13.1 Å². The lowest BCUT2D eigenvalue weighted by atomic mass is 9.95. The van der Waals surface area contributed by atoms with Gasteiger partial charge >= 0.3 is 0 Å². The molecule has 1 heterocycles. The molecule has 1 aliphatic heterocycles. The molecule has 1 aliphatic rings. The Balaban J connectivity index is 2.48. The van der Waals surface area contributed by atoms with Crippen molar-refractivity contribution in [3.8, 4) is 0 Å². The van der Waals surface area contributed by atoms with Gasteiger partial charge in [-0.3, -0.25) is 0 Å². The van der Waals surface area contributed by atoms with Gasteiger partial charge in [0, 0.05) is 24.7 Å². The minimum absolute atomic E-state index is 0.0282. The van der Waals surface area contributed by atoms with E-state index in [2.05, 4.69) is 33.0 Å². The number of hydrogen-bond donors (Lipinski definition) is 1. The molecular formula is C10H21N2O-. The molecule has 1 saturated heterocycles. The second-order valence-corrected chi connectivity index (χ2v) is 5.18. The maximum absolute atomic E-state index is 11.3. The smallest absolute Gasteiger partial charge is 0.0245 e. The van der Waals surface area contributed by atoms with Crippen LogP contribution in [0, 0.1) is 11.1 Å². The molecule has 0 aliphatic carbocycles. The first kappa shape index (κ1) is 11.0. The standard InChI is InChI=1S/C10H21N2O/c1-8(2)5-9-6-12(13)7-10(3,4)11-9/h8-9,11H,5-7H2,1-4H3/q-1. The van der Waals surface area contributed by atoms with Gasteiger partial charge in [0.2, 0.25) is 0 Å². The van der Waals surface area contributed by atoms with Gasteiger partial charge in [0.05, 0.1) is 0 Å². The van der Waals surface area contributed by atoms with Gasteiger partial charge in [-0.1, -0.05) is 13.8 Å². The van der Waals surface area contributed by atoms with E-state index in [1.807, 2.05) is 0 Å². The van der Waals surface area contributed by atoms with Crippen molar-refractivity contribution in [2.45, 2.75) is 45.7 Å². The summed E-state index contributed by atoms with van der Waals surface area (Å²) in [5, 5.41) is 16.0. The fraction of sp³-hybridized carbons (Fsp3) is 1.00. The Hall–Kier alpha value is -0.120. The van der Waals surface area contributed by atoms with Crippen molar-refractivity contribution in [3.05, 3.63) is 5.21 Å². The Labute approximate surface area is 81.1 Å². The number of rotatable bonds is 2. The van der Waals surface area contributed by atoms with Crippen molar-refractivity contribution in [1.82, 2.24) is 10.4 Å². The minimum atomic E-state index is -0.0282. The van der Waals surface area contributed by atoms with E-state index >= 15 is 0 Å². The summed E-state index contributed by atoms with van der Waals surface area (Å²) in [5.74, 6) is 0.653.